The van der Waals surface area contributed by atoms with Crippen LogP contribution in [0, 0.1) is 20.7 Å². The molecule has 0 atom stereocenters. The number of aryl methyl sites for hydroxylation is 4. The second-order valence-electron chi connectivity index (χ2n) is 6.67. The summed E-state index contributed by atoms with van der Waals surface area (Å²) in [4.78, 5) is 0. The van der Waals surface area contributed by atoms with Crippen LogP contribution in [0.2, 0.25) is 0 Å². The molecule has 0 amide bonds. The van der Waals surface area contributed by atoms with E-state index in [9.17, 15) is 0 Å². The smallest absolute Gasteiger partial charge is 0.201 e. The Morgan fingerprint density at radius 3 is 2.30 bits per heavy atom. The molecule has 2 aromatic rings. The van der Waals surface area contributed by atoms with Crippen molar-refractivity contribution in [2.24, 2.45) is 7.05 Å². The average Bonchev–Trinajstić information content (AvgIpc) is 2.36. The lowest BCUT2D eigenvalue weighted by atomic mass is 9.83. The molecule has 0 N–H and O–H groups in total. The van der Waals surface area contributed by atoms with E-state index in [1.165, 1.54) is 11.1 Å². The highest BCUT2D eigenvalue weighted by atomic mass is 14.9. The van der Waals surface area contributed by atoms with E-state index >= 15 is 0 Å². The monoisotopic (exact) mass is 271 g/mol. The molecule has 106 valence electrons. The molecule has 1 heteroatoms. The van der Waals surface area contributed by atoms with Crippen molar-refractivity contribution in [2.45, 2.75) is 46.9 Å². The Labute approximate surface area is 127 Å². The standard InChI is InChI=1S/C19H26N/c1-13-8-9-16(14(2)10-13)18-11-17(19(4,5)6)15(3)12-20(18)7/h8-12H,1-7H3/q+1/i3D3. The highest BCUT2D eigenvalue weighted by molar-refractivity contribution is 5.62. The summed E-state index contributed by atoms with van der Waals surface area (Å²) in [5.74, 6) is 0. The van der Waals surface area contributed by atoms with Crippen molar-refractivity contribution in [1.82, 2.24) is 0 Å². The van der Waals surface area contributed by atoms with Gasteiger partial charge in [-0.25, -0.2) is 4.57 Å². The Morgan fingerprint density at radius 1 is 1.05 bits per heavy atom. The second kappa shape index (κ2) is 5.05. The third-order valence-electron chi connectivity index (χ3n) is 3.74. The van der Waals surface area contributed by atoms with Crippen LogP contribution < -0.4 is 4.57 Å². The number of rotatable bonds is 1. The first-order valence-electron chi connectivity index (χ1n) is 8.53. The zero-order valence-corrected chi connectivity index (χ0v) is 13.3. The summed E-state index contributed by atoms with van der Waals surface area (Å²) in [6.07, 6.45) is 1.77. The van der Waals surface area contributed by atoms with Crippen LogP contribution in [0.3, 0.4) is 0 Å². The summed E-state index contributed by atoms with van der Waals surface area (Å²) >= 11 is 0. The van der Waals surface area contributed by atoms with Gasteiger partial charge in [-0.3, -0.25) is 0 Å². The van der Waals surface area contributed by atoms with Gasteiger partial charge in [-0.05, 0) is 43.3 Å². The minimum atomic E-state index is -2.11. The SMILES string of the molecule is [2H]C([2H])([2H])c1c[n+](C)c(-c2ccc(C)cc2C)cc1C(C)(C)C. The number of hydrogen-bond donors (Lipinski definition) is 0. The molecule has 0 saturated carbocycles. The maximum Gasteiger partial charge on any atom is 0.212 e. The number of nitrogens with zero attached hydrogens (tertiary/aromatic N) is 1. The number of benzene rings is 1. The van der Waals surface area contributed by atoms with Crippen LogP contribution >= 0.6 is 0 Å². The predicted octanol–water partition coefficient (Wildman–Crippen LogP) is 4.40. The van der Waals surface area contributed by atoms with Crippen molar-refractivity contribution < 1.29 is 8.68 Å². The van der Waals surface area contributed by atoms with Gasteiger partial charge in [-0.1, -0.05) is 38.5 Å². The van der Waals surface area contributed by atoms with Crippen LogP contribution in [-0.4, -0.2) is 0 Å². The average molecular weight is 271 g/mol. The van der Waals surface area contributed by atoms with E-state index in [0.717, 1.165) is 16.8 Å². The van der Waals surface area contributed by atoms with Gasteiger partial charge >= 0.3 is 0 Å². The summed E-state index contributed by atoms with van der Waals surface area (Å²) in [6, 6.07) is 8.40. The molecule has 0 unspecified atom stereocenters. The Bertz CT molecular complexity index is 738. The van der Waals surface area contributed by atoms with E-state index < -0.39 is 6.85 Å². The molecule has 1 aromatic heterocycles. The molecule has 0 saturated heterocycles. The summed E-state index contributed by atoms with van der Waals surface area (Å²) in [7, 11) is 1.91. The fourth-order valence-electron chi connectivity index (χ4n) is 2.64. The van der Waals surface area contributed by atoms with Crippen LogP contribution in [0.5, 0.6) is 0 Å². The largest absolute Gasteiger partial charge is 0.212 e. The van der Waals surface area contributed by atoms with Crippen LogP contribution in [0.25, 0.3) is 11.3 Å². The first-order chi connectivity index (χ1) is 10.4. The fraction of sp³-hybridized carbons (Fsp3) is 0.421. The van der Waals surface area contributed by atoms with Gasteiger partial charge < -0.3 is 0 Å². The Kier molecular flexibility index (Phi) is 2.79. The van der Waals surface area contributed by atoms with Gasteiger partial charge in [0.1, 0.15) is 7.05 Å². The van der Waals surface area contributed by atoms with E-state index in [2.05, 4.69) is 52.8 Å². The van der Waals surface area contributed by atoms with Crippen LogP contribution in [-0.2, 0) is 12.5 Å². The van der Waals surface area contributed by atoms with Crippen LogP contribution in [0.4, 0.5) is 0 Å². The maximum atomic E-state index is 7.86. The van der Waals surface area contributed by atoms with Gasteiger partial charge in [0.25, 0.3) is 0 Å². The summed E-state index contributed by atoms with van der Waals surface area (Å²) in [5, 5.41) is 0. The molecule has 2 rings (SSSR count). The lowest BCUT2D eigenvalue weighted by Crippen LogP contribution is -2.33. The highest BCUT2D eigenvalue weighted by Crippen LogP contribution is 2.29. The van der Waals surface area contributed by atoms with Crippen LogP contribution in [0.1, 0.15) is 47.1 Å². The van der Waals surface area contributed by atoms with Crippen molar-refractivity contribution in [2.75, 3.05) is 0 Å². The Hall–Kier alpha value is -1.63. The molecule has 0 fully saturated rings. The van der Waals surface area contributed by atoms with Gasteiger partial charge in [0.2, 0.25) is 5.69 Å². The lowest BCUT2D eigenvalue weighted by Gasteiger charge is -2.21. The molecule has 0 bridgehead atoms. The van der Waals surface area contributed by atoms with Gasteiger partial charge in [-0.15, -0.1) is 0 Å². The van der Waals surface area contributed by atoms with E-state index in [-0.39, 0.29) is 5.41 Å². The number of pyridine rings is 1. The van der Waals surface area contributed by atoms with Crippen molar-refractivity contribution in [1.29, 1.82) is 0 Å². The van der Waals surface area contributed by atoms with Gasteiger partial charge in [0, 0.05) is 21.3 Å². The molecule has 0 aliphatic carbocycles. The zero-order valence-electron chi connectivity index (χ0n) is 16.3. The minimum Gasteiger partial charge on any atom is -0.201 e. The van der Waals surface area contributed by atoms with E-state index in [1.54, 1.807) is 6.20 Å². The van der Waals surface area contributed by atoms with E-state index in [1.807, 2.05) is 17.7 Å². The molecule has 0 aliphatic rings. The Morgan fingerprint density at radius 2 is 1.75 bits per heavy atom. The van der Waals surface area contributed by atoms with Crippen molar-refractivity contribution >= 4 is 0 Å². The maximum absolute atomic E-state index is 7.86. The summed E-state index contributed by atoms with van der Waals surface area (Å²) in [5.41, 5.74) is 5.68. The lowest BCUT2D eigenvalue weighted by molar-refractivity contribution is -0.660. The summed E-state index contributed by atoms with van der Waals surface area (Å²) < 4.78 is 25.5. The molecule has 0 aliphatic heterocycles. The zero-order chi connectivity index (χ0) is 17.6. The molecule has 1 aromatic carbocycles. The first-order valence-corrected chi connectivity index (χ1v) is 7.03. The molecule has 1 heterocycles. The van der Waals surface area contributed by atoms with E-state index in [0.29, 0.717) is 5.56 Å². The van der Waals surface area contributed by atoms with Crippen molar-refractivity contribution in [3.63, 3.8) is 0 Å². The molecular formula is C19H26N+. The molecule has 0 spiro atoms. The van der Waals surface area contributed by atoms with Crippen molar-refractivity contribution in [3.05, 3.63) is 52.7 Å². The minimum absolute atomic E-state index is 0.231. The second-order valence-corrected chi connectivity index (χ2v) is 6.67. The predicted molar refractivity (Wildman–Crippen MR) is 86.0 cm³/mol. The quantitative estimate of drug-likeness (QED) is 0.677. The number of hydrogen-bond acceptors (Lipinski definition) is 0. The fourth-order valence-corrected chi connectivity index (χ4v) is 2.64. The molecule has 0 radical (unpaired) electrons. The van der Waals surface area contributed by atoms with Crippen LogP contribution in [0.15, 0.2) is 30.5 Å². The van der Waals surface area contributed by atoms with Gasteiger partial charge in [0.15, 0.2) is 6.20 Å². The number of aromatic nitrogens is 1. The third-order valence-corrected chi connectivity index (χ3v) is 3.74. The van der Waals surface area contributed by atoms with Crippen molar-refractivity contribution in [3.8, 4) is 11.3 Å². The van der Waals surface area contributed by atoms with E-state index in [4.69, 9.17) is 4.11 Å². The van der Waals surface area contributed by atoms with Gasteiger partial charge in [-0.2, -0.15) is 0 Å². The van der Waals surface area contributed by atoms with Gasteiger partial charge in [0.05, 0.1) is 0 Å². The summed E-state index contributed by atoms with van der Waals surface area (Å²) in [6.45, 7) is 8.24. The Balaban J connectivity index is 2.77. The molecular weight excluding hydrogens is 242 g/mol. The molecule has 20 heavy (non-hydrogen) atoms. The molecule has 1 nitrogen and oxygen atoms in total. The topological polar surface area (TPSA) is 3.88 Å². The normalized spacial score (nSPS) is 14.6. The first kappa shape index (κ1) is 11.1. The highest BCUT2D eigenvalue weighted by Gasteiger charge is 2.22. The third kappa shape index (κ3) is 2.77.